The summed E-state index contributed by atoms with van der Waals surface area (Å²) in [5, 5.41) is 5.29. The first-order valence-electron chi connectivity index (χ1n) is 8.55. The highest BCUT2D eigenvalue weighted by Crippen LogP contribution is 2.14. The van der Waals surface area contributed by atoms with Crippen molar-refractivity contribution in [3.63, 3.8) is 0 Å². The number of anilines is 2. The average Bonchev–Trinajstić information content (AvgIpc) is 2.62. The third-order valence-electron chi connectivity index (χ3n) is 3.35. The molecule has 0 atom stereocenters. The number of rotatable bonds is 6. The Balaban J connectivity index is 1.97. The Morgan fingerprint density at radius 1 is 0.889 bits per heavy atom. The fraction of sp³-hybridized carbons (Fsp3) is 0.250. The van der Waals surface area contributed by atoms with Crippen LogP contribution in [0, 0.1) is 0 Å². The van der Waals surface area contributed by atoms with Gasteiger partial charge in [-0.3, -0.25) is 0 Å². The fourth-order valence-electron chi connectivity index (χ4n) is 2.20. The molecular weight excluding hydrogens is 348 g/mol. The Labute approximate surface area is 157 Å². The lowest BCUT2D eigenvalue weighted by Crippen LogP contribution is -2.19. The molecule has 0 saturated carbocycles. The molecule has 0 heterocycles. The molecule has 2 N–H and O–H groups in total. The molecule has 0 radical (unpaired) electrons. The summed E-state index contributed by atoms with van der Waals surface area (Å²) in [6.45, 7) is 5.54. The summed E-state index contributed by atoms with van der Waals surface area (Å²) in [6.07, 6.45) is -0.202. The molecule has 0 saturated heterocycles. The van der Waals surface area contributed by atoms with Crippen molar-refractivity contribution in [2.45, 2.75) is 26.9 Å². The van der Waals surface area contributed by atoms with Crippen LogP contribution in [0.25, 0.3) is 0 Å². The summed E-state index contributed by atoms with van der Waals surface area (Å²) in [4.78, 5) is 35.7. The minimum atomic E-state index is -0.478. The molecule has 0 aliphatic heterocycles. The number of ether oxygens (including phenoxy) is 2. The molecule has 2 aromatic rings. The molecule has 7 heteroatoms. The van der Waals surface area contributed by atoms with E-state index in [0.29, 0.717) is 22.5 Å². The molecule has 142 valence electrons. The number of carbonyl (C=O) groups excluding carboxylic acids is 3. The average molecular weight is 370 g/mol. The highest BCUT2D eigenvalue weighted by Gasteiger charge is 2.11. The molecule has 0 aliphatic carbocycles. The van der Waals surface area contributed by atoms with E-state index < -0.39 is 18.0 Å². The highest BCUT2D eigenvalue weighted by atomic mass is 16.5. The smallest absolute Gasteiger partial charge is 0.338 e. The van der Waals surface area contributed by atoms with Gasteiger partial charge in [0.15, 0.2) is 0 Å². The van der Waals surface area contributed by atoms with Gasteiger partial charge >= 0.3 is 18.0 Å². The molecule has 0 spiro atoms. The van der Waals surface area contributed by atoms with Crippen molar-refractivity contribution < 1.29 is 23.9 Å². The van der Waals surface area contributed by atoms with Crippen molar-refractivity contribution >= 4 is 29.3 Å². The van der Waals surface area contributed by atoms with Crippen LogP contribution < -0.4 is 10.6 Å². The van der Waals surface area contributed by atoms with E-state index in [-0.39, 0.29) is 12.7 Å². The number of amides is 2. The minimum absolute atomic E-state index is 0.202. The number of hydrogen-bond acceptors (Lipinski definition) is 5. The van der Waals surface area contributed by atoms with Crippen LogP contribution in [0.2, 0.25) is 0 Å². The zero-order chi connectivity index (χ0) is 19.8. The summed E-state index contributed by atoms with van der Waals surface area (Å²) < 4.78 is 10.0. The van der Waals surface area contributed by atoms with Gasteiger partial charge in [-0.25, -0.2) is 14.4 Å². The van der Waals surface area contributed by atoms with Crippen molar-refractivity contribution in [3.05, 3.63) is 59.7 Å². The Morgan fingerprint density at radius 2 is 1.56 bits per heavy atom. The number of benzene rings is 2. The molecule has 0 bridgehead atoms. The van der Waals surface area contributed by atoms with E-state index >= 15 is 0 Å². The Hall–Kier alpha value is -3.35. The van der Waals surface area contributed by atoms with Crippen molar-refractivity contribution in [3.8, 4) is 0 Å². The maximum atomic E-state index is 12.1. The quantitative estimate of drug-likeness (QED) is 0.748. The monoisotopic (exact) mass is 370 g/mol. The first kappa shape index (κ1) is 20.0. The Bertz CT molecular complexity index is 815. The Kier molecular flexibility index (Phi) is 6.93. The number of hydrogen-bond donors (Lipinski definition) is 2. The summed E-state index contributed by atoms with van der Waals surface area (Å²) >= 11 is 0. The molecule has 7 nitrogen and oxygen atoms in total. The van der Waals surface area contributed by atoms with E-state index in [2.05, 4.69) is 10.6 Å². The van der Waals surface area contributed by atoms with Gasteiger partial charge in [0.05, 0.1) is 23.8 Å². The molecule has 0 fully saturated rings. The minimum Gasteiger partial charge on any atom is -0.462 e. The van der Waals surface area contributed by atoms with Crippen molar-refractivity contribution in [1.82, 2.24) is 0 Å². The van der Waals surface area contributed by atoms with Crippen molar-refractivity contribution in [2.24, 2.45) is 0 Å². The lowest BCUT2D eigenvalue weighted by Gasteiger charge is -2.10. The fourth-order valence-corrected chi connectivity index (χ4v) is 2.20. The normalized spacial score (nSPS) is 10.2. The zero-order valence-corrected chi connectivity index (χ0v) is 15.4. The second-order valence-corrected chi connectivity index (χ2v) is 5.91. The first-order chi connectivity index (χ1) is 12.9. The molecule has 2 rings (SSSR count). The van der Waals surface area contributed by atoms with Crippen LogP contribution in [-0.4, -0.2) is 30.7 Å². The van der Waals surface area contributed by atoms with Gasteiger partial charge in [-0.2, -0.15) is 0 Å². The summed E-state index contributed by atoms with van der Waals surface area (Å²) in [5.74, 6) is -0.873. The van der Waals surface area contributed by atoms with E-state index in [1.165, 1.54) is 6.07 Å². The van der Waals surface area contributed by atoms with Gasteiger partial charge in [0.25, 0.3) is 0 Å². The van der Waals surface area contributed by atoms with Gasteiger partial charge < -0.3 is 20.1 Å². The molecule has 2 aromatic carbocycles. The number of nitrogens with one attached hydrogen (secondary N) is 2. The van der Waals surface area contributed by atoms with Crippen LogP contribution in [0.15, 0.2) is 48.5 Å². The van der Waals surface area contributed by atoms with E-state index in [9.17, 15) is 14.4 Å². The predicted molar refractivity (Wildman–Crippen MR) is 102 cm³/mol. The number of urea groups is 1. The summed E-state index contributed by atoms with van der Waals surface area (Å²) in [6, 6.07) is 12.3. The maximum absolute atomic E-state index is 12.1. The van der Waals surface area contributed by atoms with Gasteiger partial charge in [0.2, 0.25) is 0 Å². The zero-order valence-electron chi connectivity index (χ0n) is 15.4. The topological polar surface area (TPSA) is 93.7 Å². The Morgan fingerprint density at radius 3 is 2.19 bits per heavy atom. The number of carbonyl (C=O) groups is 3. The molecule has 0 aromatic heterocycles. The first-order valence-corrected chi connectivity index (χ1v) is 8.55. The van der Waals surface area contributed by atoms with E-state index in [1.807, 2.05) is 0 Å². The van der Waals surface area contributed by atoms with Crippen LogP contribution >= 0.6 is 0 Å². The van der Waals surface area contributed by atoms with Crippen LogP contribution in [-0.2, 0) is 9.47 Å². The van der Waals surface area contributed by atoms with Gasteiger partial charge in [-0.1, -0.05) is 6.07 Å². The third kappa shape index (κ3) is 6.14. The van der Waals surface area contributed by atoms with Crippen LogP contribution in [0.4, 0.5) is 16.2 Å². The second-order valence-electron chi connectivity index (χ2n) is 5.91. The number of esters is 2. The van der Waals surface area contributed by atoms with Crippen molar-refractivity contribution in [1.29, 1.82) is 0 Å². The van der Waals surface area contributed by atoms with E-state index in [1.54, 1.807) is 63.2 Å². The lowest BCUT2D eigenvalue weighted by atomic mass is 10.2. The SMILES string of the molecule is CCOC(=O)c1cccc(NC(=O)Nc2ccc(C(=O)OC(C)C)cc2)c1. The third-order valence-corrected chi connectivity index (χ3v) is 3.35. The molecule has 27 heavy (non-hydrogen) atoms. The van der Waals surface area contributed by atoms with E-state index in [4.69, 9.17) is 9.47 Å². The van der Waals surface area contributed by atoms with Crippen LogP contribution in [0.5, 0.6) is 0 Å². The van der Waals surface area contributed by atoms with Gasteiger partial charge in [0, 0.05) is 11.4 Å². The molecule has 0 unspecified atom stereocenters. The highest BCUT2D eigenvalue weighted by molar-refractivity contribution is 6.01. The lowest BCUT2D eigenvalue weighted by molar-refractivity contribution is 0.0377. The van der Waals surface area contributed by atoms with Gasteiger partial charge in [-0.05, 0) is 63.2 Å². The largest absolute Gasteiger partial charge is 0.462 e. The molecule has 0 aliphatic rings. The summed E-state index contributed by atoms with van der Waals surface area (Å²) in [5.41, 5.74) is 1.71. The van der Waals surface area contributed by atoms with Gasteiger partial charge in [0.1, 0.15) is 0 Å². The summed E-state index contributed by atoms with van der Waals surface area (Å²) in [7, 11) is 0. The van der Waals surface area contributed by atoms with E-state index in [0.717, 1.165) is 0 Å². The van der Waals surface area contributed by atoms with Gasteiger partial charge in [-0.15, -0.1) is 0 Å². The van der Waals surface area contributed by atoms with Crippen molar-refractivity contribution in [2.75, 3.05) is 17.2 Å². The van der Waals surface area contributed by atoms with Crippen LogP contribution in [0.3, 0.4) is 0 Å². The maximum Gasteiger partial charge on any atom is 0.338 e. The molecule has 2 amide bonds. The predicted octanol–water partition coefficient (Wildman–Crippen LogP) is 4.07. The molecular formula is C20H22N2O5. The second kappa shape index (κ2) is 9.38. The van der Waals surface area contributed by atoms with Crippen LogP contribution in [0.1, 0.15) is 41.5 Å². The standard InChI is InChI=1S/C20H22N2O5/c1-4-26-18(23)15-6-5-7-17(12-15)22-20(25)21-16-10-8-14(9-11-16)19(24)27-13(2)3/h5-13H,4H2,1-3H3,(H2,21,22,25).